The van der Waals surface area contributed by atoms with Crippen molar-refractivity contribution in [3.63, 3.8) is 0 Å². The van der Waals surface area contributed by atoms with E-state index in [1.165, 1.54) is 12.3 Å². The van der Waals surface area contributed by atoms with Gasteiger partial charge in [-0.2, -0.15) is 4.39 Å². The fourth-order valence-corrected chi connectivity index (χ4v) is 1.29. The molecule has 0 saturated heterocycles. The summed E-state index contributed by atoms with van der Waals surface area (Å²) in [5, 5.41) is 3.14. The fourth-order valence-electron chi connectivity index (χ4n) is 1.29. The van der Waals surface area contributed by atoms with Crippen LogP contribution in [0.15, 0.2) is 18.3 Å². The van der Waals surface area contributed by atoms with Crippen molar-refractivity contribution in [3.8, 4) is 0 Å². The number of rotatable bonds is 7. The Balaban J connectivity index is 2.07. The minimum atomic E-state index is -0.451. The first-order chi connectivity index (χ1) is 7.68. The Morgan fingerprint density at radius 3 is 2.94 bits per heavy atom. The van der Waals surface area contributed by atoms with Crippen LogP contribution in [0.25, 0.3) is 0 Å². The van der Waals surface area contributed by atoms with E-state index in [9.17, 15) is 4.39 Å². The van der Waals surface area contributed by atoms with E-state index >= 15 is 0 Å². The van der Waals surface area contributed by atoms with Gasteiger partial charge in [-0.15, -0.1) is 0 Å². The third kappa shape index (κ3) is 5.66. The van der Waals surface area contributed by atoms with E-state index in [1.807, 2.05) is 13.8 Å². The van der Waals surface area contributed by atoms with Crippen molar-refractivity contribution in [2.45, 2.75) is 32.8 Å². The lowest BCUT2D eigenvalue weighted by Crippen LogP contribution is -2.07. The largest absolute Gasteiger partial charge is 0.385 e. The van der Waals surface area contributed by atoms with Gasteiger partial charge in [-0.05, 0) is 32.8 Å². The van der Waals surface area contributed by atoms with Gasteiger partial charge in [0.25, 0.3) is 0 Å². The van der Waals surface area contributed by atoms with Crippen molar-refractivity contribution in [3.05, 3.63) is 24.3 Å². The summed E-state index contributed by atoms with van der Waals surface area (Å²) < 4.78 is 18.1. The van der Waals surface area contributed by atoms with Crippen LogP contribution in [-0.4, -0.2) is 24.2 Å². The summed E-state index contributed by atoms with van der Waals surface area (Å²) in [4.78, 5) is 3.49. The standard InChI is InChI=1S/C12H19FN2O/c1-10(2)16-8-4-3-6-14-11-5-7-15-12(13)9-11/h5,7,9-10H,3-4,6,8H2,1-2H3,(H,14,15). The van der Waals surface area contributed by atoms with Gasteiger partial charge in [0, 0.05) is 31.1 Å². The highest BCUT2D eigenvalue weighted by Gasteiger charge is 1.96. The van der Waals surface area contributed by atoms with Crippen LogP contribution in [0.5, 0.6) is 0 Å². The van der Waals surface area contributed by atoms with Crippen molar-refractivity contribution in [1.29, 1.82) is 0 Å². The molecule has 0 aliphatic heterocycles. The summed E-state index contributed by atoms with van der Waals surface area (Å²) in [6.07, 6.45) is 3.77. The minimum absolute atomic E-state index is 0.294. The highest BCUT2D eigenvalue weighted by atomic mass is 19.1. The number of aromatic nitrogens is 1. The first-order valence-electron chi connectivity index (χ1n) is 5.65. The molecule has 0 spiro atoms. The minimum Gasteiger partial charge on any atom is -0.385 e. The lowest BCUT2D eigenvalue weighted by atomic mass is 10.3. The molecule has 1 aromatic heterocycles. The van der Waals surface area contributed by atoms with Crippen molar-refractivity contribution in [1.82, 2.24) is 4.98 Å². The Labute approximate surface area is 96.0 Å². The quantitative estimate of drug-likeness (QED) is 0.573. The van der Waals surface area contributed by atoms with Crippen LogP contribution in [-0.2, 0) is 4.74 Å². The second kappa shape index (κ2) is 7.17. The van der Waals surface area contributed by atoms with Crippen LogP contribution in [0.4, 0.5) is 10.1 Å². The lowest BCUT2D eigenvalue weighted by Gasteiger charge is -2.08. The molecular weight excluding hydrogens is 207 g/mol. The molecular formula is C12H19FN2O. The maximum atomic E-state index is 12.7. The molecule has 1 rings (SSSR count). The Morgan fingerprint density at radius 2 is 2.25 bits per heavy atom. The molecule has 0 atom stereocenters. The molecule has 0 aliphatic carbocycles. The maximum absolute atomic E-state index is 12.7. The first kappa shape index (κ1) is 12.9. The Hall–Kier alpha value is -1.16. The van der Waals surface area contributed by atoms with Crippen LogP contribution >= 0.6 is 0 Å². The number of pyridine rings is 1. The van der Waals surface area contributed by atoms with Gasteiger partial charge in [0.15, 0.2) is 0 Å². The number of halogens is 1. The summed E-state index contributed by atoms with van der Waals surface area (Å²) in [7, 11) is 0. The van der Waals surface area contributed by atoms with Gasteiger partial charge in [0.2, 0.25) is 5.95 Å². The van der Waals surface area contributed by atoms with E-state index in [1.54, 1.807) is 6.07 Å². The zero-order valence-corrected chi connectivity index (χ0v) is 9.87. The zero-order valence-electron chi connectivity index (χ0n) is 9.87. The van der Waals surface area contributed by atoms with Crippen LogP contribution < -0.4 is 5.32 Å². The Morgan fingerprint density at radius 1 is 1.44 bits per heavy atom. The highest BCUT2D eigenvalue weighted by Crippen LogP contribution is 2.06. The fraction of sp³-hybridized carbons (Fsp3) is 0.583. The molecule has 16 heavy (non-hydrogen) atoms. The zero-order chi connectivity index (χ0) is 11.8. The molecule has 90 valence electrons. The van der Waals surface area contributed by atoms with Crippen molar-refractivity contribution >= 4 is 5.69 Å². The number of hydrogen-bond acceptors (Lipinski definition) is 3. The van der Waals surface area contributed by atoms with Crippen LogP contribution in [0.3, 0.4) is 0 Å². The number of hydrogen-bond donors (Lipinski definition) is 1. The van der Waals surface area contributed by atoms with Gasteiger partial charge in [-0.3, -0.25) is 0 Å². The summed E-state index contributed by atoms with van der Waals surface area (Å²) in [6, 6.07) is 3.15. The predicted molar refractivity (Wildman–Crippen MR) is 63.0 cm³/mol. The van der Waals surface area contributed by atoms with E-state index in [2.05, 4.69) is 10.3 Å². The highest BCUT2D eigenvalue weighted by molar-refractivity contribution is 5.40. The molecule has 1 heterocycles. The van der Waals surface area contributed by atoms with Crippen molar-refractivity contribution < 1.29 is 9.13 Å². The van der Waals surface area contributed by atoms with E-state index in [0.29, 0.717) is 6.10 Å². The predicted octanol–water partition coefficient (Wildman–Crippen LogP) is 2.84. The maximum Gasteiger partial charge on any atom is 0.214 e. The molecule has 0 amide bonds. The monoisotopic (exact) mass is 226 g/mol. The second-order valence-electron chi connectivity index (χ2n) is 3.92. The molecule has 0 unspecified atom stereocenters. The topological polar surface area (TPSA) is 34.1 Å². The van der Waals surface area contributed by atoms with Gasteiger partial charge in [-0.25, -0.2) is 4.98 Å². The molecule has 0 bridgehead atoms. The summed E-state index contributed by atoms with van der Waals surface area (Å²) in [5.74, 6) is -0.451. The second-order valence-corrected chi connectivity index (χ2v) is 3.92. The number of anilines is 1. The lowest BCUT2D eigenvalue weighted by molar-refractivity contribution is 0.0765. The normalized spacial score (nSPS) is 10.8. The third-order valence-corrected chi connectivity index (χ3v) is 2.08. The van der Waals surface area contributed by atoms with Crippen LogP contribution in [0.1, 0.15) is 26.7 Å². The Bertz CT molecular complexity index is 305. The van der Waals surface area contributed by atoms with Gasteiger partial charge < -0.3 is 10.1 Å². The number of unbranched alkanes of at least 4 members (excludes halogenated alkanes) is 1. The average Bonchev–Trinajstić information content (AvgIpc) is 2.23. The van der Waals surface area contributed by atoms with Gasteiger partial charge >= 0.3 is 0 Å². The molecule has 4 heteroatoms. The van der Waals surface area contributed by atoms with Crippen LogP contribution in [0, 0.1) is 5.95 Å². The number of nitrogens with zero attached hydrogens (tertiary/aromatic N) is 1. The molecule has 0 aromatic carbocycles. The van der Waals surface area contributed by atoms with Crippen molar-refractivity contribution in [2.24, 2.45) is 0 Å². The molecule has 0 radical (unpaired) electrons. The first-order valence-corrected chi connectivity index (χ1v) is 5.65. The smallest absolute Gasteiger partial charge is 0.214 e. The number of nitrogens with one attached hydrogen (secondary N) is 1. The molecule has 3 nitrogen and oxygen atoms in total. The molecule has 1 N–H and O–H groups in total. The van der Waals surface area contributed by atoms with E-state index in [-0.39, 0.29) is 0 Å². The van der Waals surface area contributed by atoms with Crippen molar-refractivity contribution in [2.75, 3.05) is 18.5 Å². The third-order valence-electron chi connectivity index (χ3n) is 2.08. The van der Waals surface area contributed by atoms with Gasteiger partial charge in [-0.1, -0.05) is 0 Å². The summed E-state index contributed by atoms with van der Waals surface area (Å²) >= 11 is 0. The molecule has 0 fully saturated rings. The molecule has 1 aromatic rings. The number of ether oxygens (including phenoxy) is 1. The SMILES string of the molecule is CC(C)OCCCCNc1ccnc(F)c1. The van der Waals surface area contributed by atoms with Gasteiger partial charge in [0.1, 0.15) is 0 Å². The van der Waals surface area contributed by atoms with E-state index < -0.39 is 5.95 Å². The van der Waals surface area contributed by atoms with Crippen LogP contribution in [0.2, 0.25) is 0 Å². The molecule has 0 saturated carbocycles. The van der Waals surface area contributed by atoms with E-state index in [0.717, 1.165) is 31.7 Å². The van der Waals surface area contributed by atoms with E-state index in [4.69, 9.17) is 4.74 Å². The molecule has 0 aliphatic rings. The average molecular weight is 226 g/mol. The summed E-state index contributed by atoms with van der Waals surface area (Å²) in [5.41, 5.74) is 0.775. The Kier molecular flexibility index (Phi) is 5.78. The summed E-state index contributed by atoms with van der Waals surface area (Å²) in [6.45, 7) is 5.66. The van der Waals surface area contributed by atoms with Gasteiger partial charge in [0.05, 0.1) is 6.10 Å².